The lowest BCUT2D eigenvalue weighted by Crippen LogP contribution is -2.21. The third kappa shape index (κ3) is 4.56. The van der Waals surface area contributed by atoms with E-state index < -0.39 is 0 Å². The highest BCUT2D eigenvalue weighted by atomic mass is 15.2. The van der Waals surface area contributed by atoms with Crippen molar-refractivity contribution < 1.29 is 0 Å². The summed E-state index contributed by atoms with van der Waals surface area (Å²) in [5.74, 6) is 0.358. The standard InChI is InChI=1S/C39H34N2/c1-29-17-16-28-36-37(29)39(41(32-22-10-4-11-23-32)33-24-12-5-13-25-33)35-27-15-14-26-34(35)38(36)40(30-18-6-2-7-19-30)31-20-8-3-9-21-31/h2,4-8,10-16,18-29H,3,9,17H2,1H3. The van der Waals surface area contributed by atoms with Crippen molar-refractivity contribution in [2.75, 3.05) is 9.80 Å². The van der Waals surface area contributed by atoms with E-state index in [1.54, 1.807) is 0 Å². The number of nitrogens with zero attached hydrogens (tertiary/aromatic N) is 2. The Morgan fingerprint density at radius 2 is 1.07 bits per heavy atom. The molecule has 2 heteroatoms. The van der Waals surface area contributed by atoms with Crippen LogP contribution < -0.4 is 9.80 Å². The van der Waals surface area contributed by atoms with E-state index in [-0.39, 0.29) is 0 Å². The number of anilines is 5. The second kappa shape index (κ2) is 11.0. The van der Waals surface area contributed by atoms with Crippen LogP contribution in [0.25, 0.3) is 16.8 Å². The fraction of sp³-hybridized carbons (Fsp3) is 0.128. The molecule has 2 aliphatic rings. The fourth-order valence-corrected chi connectivity index (χ4v) is 6.41. The normalized spacial score (nSPS) is 15.8. The van der Waals surface area contributed by atoms with Gasteiger partial charge in [-0.05, 0) is 73.2 Å². The lowest BCUT2D eigenvalue weighted by atomic mass is 9.82. The molecule has 0 saturated heterocycles. The van der Waals surface area contributed by atoms with Crippen LogP contribution in [0.15, 0.2) is 145 Å². The molecule has 0 saturated carbocycles. The van der Waals surface area contributed by atoms with Crippen molar-refractivity contribution in [2.45, 2.75) is 32.1 Å². The van der Waals surface area contributed by atoms with E-state index in [2.05, 4.69) is 162 Å². The number of hydrogen-bond donors (Lipinski definition) is 0. The lowest BCUT2D eigenvalue weighted by molar-refractivity contribution is 0.772. The summed E-state index contributed by atoms with van der Waals surface area (Å²) in [6, 6.07) is 41.5. The van der Waals surface area contributed by atoms with E-state index in [1.807, 2.05) is 0 Å². The minimum Gasteiger partial charge on any atom is -0.310 e. The molecule has 0 aromatic heterocycles. The highest BCUT2D eigenvalue weighted by Crippen LogP contribution is 2.53. The van der Waals surface area contributed by atoms with Crippen LogP contribution in [0.3, 0.4) is 0 Å². The van der Waals surface area contributed by atoms with Gasteiger partial charge in [0.25, 0.3) is 0 Å². The first kappa shape index (κ1) is 25.2. The van der Waals surface area contributed by atoms with Crippen LogP contribution in [-0.4, -0.2) is 0 Å². The molecule has 41 heavy (non-hydrogen) atoms. The van der Waals surface area contributed by atoms with Crippen molar-refractivity contribution >= 4 is 45.3 Å². The smallest absolute Gasteiger partial charge is 0.0616 e. The van der Waals surface area contributed by atoms with E-state index in [9.17, 15) is 0 Å². The van der Waals surface area contributed by atoms with E-state index in [0.29, 0.717) is 5.92 Å². The summed E-state index contributed by atoms with van der Waals surface area (Å²) in [6.07, 6.45) is 14.9. The van der Waals surface area contributed by atoms with Gasteiger partial charge >= 0.3 is 0 Å². The molecule has 2 nitrogen and oxygen atoms in total. The minimum absolute atomic E-state index is 0.358. The molecule has 2 aliphatic carbocycles. The highest BCUT2D eigenvalue weighted by molar-refractivity contribution is 6.11. The molecule has 0 amide bonds. The second-order valence-corrected chi connectivity index (χ2v) is 10.9. The first-order chi connectivity index (χ1) is 20.3. The Bertz CT molecular complexity index is 1730. The summed E-state index contributed by atoms with van der Waals surface area (Å²) in [5, 5.41) is 2.51. The van der Waals surface area contributed by atoms with Crippen LogP contribution in [0.2, 0.25) is 0 Å². The Hall–Kier alpha value is -4.82. The van der Waals surface area contributed by atoms with Crippen molar-refractivity contribution in [1.29, 1.82) is 0 Å². The summed E-state index contributed by atoms with van der Waals surface area (Å²) in [7, 11) is 0. The van der Waals surface area contributed by atoms with Gasteiger partial charge in [-0.1, -0.05) is 110 Å². The number of para-hydroxylation sites is 3. The van der Waals surface area contributed by atoms with Crippen LogP contribution in [0.5, 0.6) is 0 Å². The Labute approximate surface area is 243 Å². The van der Waals surface area contributed by atoms with Crippen LogP contribution in [0, 0.1) is 0 Å². The predicted octanol–water partition coefficient (Wildman–Crippen LogP) is 11.2. The number of fused-ring (bicyclic) bond motifs is 2. The molecule has 0 radical (unpaired) electrons. The zero-order valence-electron chi connectivity index (χ0n) is 23.4. The minimum atomic E-state index is 0.358. The van der Waals surface area contributed by atoms with Crippen LogP contribution in [0.4, 0.5) is 28.4 Å². The van der Waals surface area contributed by atoms with Gasteiger partial charge in [0, 0.05) is 39.1 Å². The molecule has 0 bridgehead atoms. The monoisotopic (exact) mass is 530 g/mol. The Balaban J connectivity index is 1.61. The number of rotatable bonds is 6. The number of hydrogen-bond acceptors (Lipinski definition) is 2. The molecular formula is C39H34N2. The van der Waals surface area contributed by atoms with Crippen molar-refractivity contribution in [3.05, 3.63) is 156 Å². The third-order valence-corrected chi connectivity index (χ3v) is 8.23. The van der Waals surface area contributed by atoms with Gasteiger partial charge in [0.2, 0.25) is 0 Å². The Morgan fingerprint density at radius 1 is 0.537 bits per heavy atom. The summed E-state index contributed by atoms with van der Waals surface area (Å²) in [4.78, 5) is 4.95. The van der Waals surface area contributed by atoms with Gasteiger partial charge in [0.1, 0.15) is 0 Å². The zero-order valence-corrected chi connectivity index (χ0v) is 23.4. The molecule has 7 rings (SSSR count). The molecule has 0 spiro atoms. The van der Waals surface area contributed by atoms with E-state index in [4.69, 9.17) is 0 Å². The predicted molar refractivity (Wildman–Crippen MR) is 176 cm³/mol. The Kier molecular flexibility index (Phi) is 6.74. The van der Waals surface area contributed by atoms with Gasteiger partial charge in [0.05, 0.1) is 11.4 Å². The summed E-state index contributed by atoms with van der Waals surface area (Å²) in [5.41, 5.74) is 9.98. The SMILES string of the molecule is CC1CC=Cc2c1c(N(c1ccccc1)c1ccccc1)c1ccccc1c2N(C1=CCCC=C1)c1ccccc1. The molecule has 5 aromatic rings. The van der Waals surface area contributed by atoms with Crippen LogP contribution in [-0.2, 0) is 0 Å². The molecule has 200 valence electrons. The van der Waals surface area contributed by atoms with Gasteiger partial charge in [-0.25, -0.2) is 0 Å². The second-order valence-electron chi connectivity index (χ2n) is 10.9. The summed E-state index contributed by atoms with van der Waals surface area (Å²) >= 11 is 0. The largest absolute Gasteiger partial charge is 0.310 e. The molecule has 0 N–H and O–H groups in total. The summed E-state index contributed by atoms with van der Waals surface area (Å²) in [6.45, 7) is 2.38. The first-order valence-electron chi connectivity index (χ1n) is 14.7. The average Bonchev–Trinajstić information content (AvgIpc) is 3.04. The maximum atomic E-state index is 2.48. The third-order valence-electron chi connectivity index (χ3n) is 8.23. The van der Waals surface area contributed by atoms with Crippen molar-refractivity contribution in [1.82, 2.24) is 0 Å². The summed E-state index contributed by atoms with van der Waals surface area (Å²) < 4.78 is 0. The van der Waals surface area contributed by atoms with Gasteiger partial charge in [-0.3, -0.25) is 0 Å². The van der Waals surface area contributed by atoms with Crippen LogP contribution >= 0.6 is 0 Å². The molecule has 0 heterocycles. The van der Waals surface area contributed by atoms with E-state index >= 15 is 0 Å². The molecule has 1 unspecified atom stereocenters. The molecular weight excluding hydrogens is 496 g/mol. The van der Waals surface area contributed by atoms with Gasteiger partial charge < -0.3 is 9.80 Å². The van der Waals surface area contributed by atoms with Crippen molar-refractivity contribution in [3.8, 4) is 0 Å². The molecule has 0 fully saturated rings. The molecule has 0 aliphatic heterocycles. The average molecular weight is 531 g/mol. The highest BCUT2D eigenvalue weighted by Gasteiger charge is 2.31. The van der Waals surface area contributed by atoms with E-state index in [0.717, 1.165) is 19.3 Å². The van der Waals surface area contributed by atoms with E-state index in [1.165, 1.54) is 56.0 Å². The zero-order chi connectivity index (χ0) is 27.6. The quantitative estimate of drug-likeness (QED) is 0.201. The fourth-order valence-electron chi connectivity index (χ4n) is 6.41. The number of benzene rings is 5. The van der Waals surface area contributed by atoms with Crippen molar-refractivity contribution in [3.63, 3.8) is 0 Å². The topological polar surface area (TPSA) is 6.48 Å². The molecule has 5 aromatic carbocycles. The van der Waals surface area contributed by atoms with Gasteiger partial charge in [-0.15, -0.1) is 0 Å². The molecule has 1 atom stereocenters. The van der Waals surface area contributed by atoms with Gasteiger partial charge in [-0.2, -0.15) is 0 Å². The first-order valence-corrected chi connectivity index (χ1v) is 14.7. The van der Waals surface area contributed by atoms with Gasteiger partial charge in [0.15, 0.2) is 0 Å². The van der Waals surface area contributed by atoms with Crippen LogP contribution in [0.1, 0.15) is 43.2 Å². The maximum absolute atomic E-state index is 2.48. The lowest BCUT2D eigenvalue weighted by Gasteiger charge is -2.37. The Morgan fingerprint density at radius 3 is 1.63 bits per heavy atom. The maximum Gasteiger partial charge on any atom is 0.0616 e. The number of allylic oxidation sites excluding steroid dienone is 4. The van der Waals surface area contributed by atoms with Crippen molar-refractivity contribution in [2.24, 2.45) is 0 Å².